The molecule has 1 aliphatic rings. The Morgan fingerprint density at radius 2 is 1.67 bits per heavy atom. The summed E-state index contributed by atoms with van der Waals surface area (Å²) in [4.78, 5) is 26.5. The minimum Gasteiger partial charge on any atom is -0.351 e. The van der Waals surface area contributed by atoms with Gasteiger partial charge in [-0.1, -0.05) is 50.2 Å². The van der Waals surface area contributed by atoms with Crippen molar-refractivity contribution in [1.82, 2.24) is 10.2 Å². The first-order chi connectivity index (χ1) is 12.9. The van der Waals surface area contributed by atoms with E-state index in [9.17, 15) is 14.0 Å². The van der Waals surface area contributed by atoms with E-state index in [-0.39, 0.29) is 29.6 Å². The lowest BCUT2D eigenvalue weighted by atomic mass is 9.91. The average molecular weight is 368 g/mol. The van der Waals surface area contributed by atoms with Gasteiger partial charge in [0.1, 0.15) is 5.82 Å². The van der Waals surface area contributed by atoms with Crippen molar-refractivity contribution in [3.63, 3.8) is 0 Å². The molecule has 2 amide bonds. The number of halogens is 1. The van der Waals surface area contributed by atoms with E-state index in [1.54, 1.807) is 47.4 Å². The molecule has 5 heteroatoms. The third kappa shape index (κ3) is 4.02. The van der Waals surface area contributed by atoms with Gasteiger partial charge >= 0.3 is 0 Å². The summed E-state index contributed by atoms with van der Waals surface area (Å²) in [6.07, 6.45) is 0. The van der Waals surface area contributed by atoms with Crippen molar-refractivity contribution >= 4 is 11.8 Å². The lowest BCUT2D eigenvalue weighted by Gasteiger charge is -2.21. The molecule has 1 aliphatic heterocycles. The topological polar surface area (TPSA) is 49.4 Å². The number of likely N-dealkylation sites (tertiary alicyclic amines) is 1. The van der Waals surface area contributed by atoms with Gasteiger partial charge in [0.25, 0.3) is 5.91 Å². The first-order valence-electron chi connectivity index (χ1n) is 9.28. The van der Waals surface area contributed by atoms with Gasteiger partial charge in [0.15, 0.2) is 0 Å². The number of nitrogens with one attached hydrogen (secondary N) is 1. The SMILES string of the molecule is CC(=O)NC1CN(C(=O)c2ccccc2-c2ccccc2F)CC1C(C)C. The summed E-state index contributed by atoms with van der Waals surface area (Å²) in [6.45, 7) is 6.73. The number of hydrogen-bond acceptors (Lipinski definition) is 2. The van der Waals surface area contributed by atoms with Gasteiger partial charge < -0.3 is 10.2 Å². The zero-order chi connectivity index (χ0) is 19.6. The molecule has 2 aromatic carbocycles. The molecule has 142 valence electrons. The second kappa shape index (κ2) is 7.91. The molecule has 1 heterocycles. The van der Waals surface area contributed by atoms with E-state index in [0.717, 1.165) is 0 Å². The third-order valence-electron chi connectivity index (χ3n) is 5.22. The zero-order valence-corrected chi connectivity index (χ0v) is 15.9. The quantitative estimate of drug-likeness (QED) is 0.894. The molecule has 2 atom stereocenters. The number of nitrogens with zero attached hydrogens (tertiary/aromatic N) is 1. The highest BCUT2D eigenvalue weighted by atomic mass is 19.1. The van der Waals surface area contributed by atoms with Gasteiger partial charge in [-0.15, -0.1) is 0 Å². The fourth-order valence-corrected chi connectivity index (χ4v) is 3.84. The molecule has 1 saturated heterocycles. The molecule has 27 heavy (non-hydrogen) atoms. The van der Waals surface area contributed by atoms with Gasteiger partial charge in [-0.25, -0.2) is 4.39 Å². The largest absolute Gasteiger partial charge is 0.351 e. The van der Waals surface area contributed by atoms with Crippen LogP contribution in [0.4, 0.5) is 4.39 Å². The Balaban J connectivity index is 1.91. The van der Waals surface area contributed by atoms with Crippen LogP contribution in [-0.2, 0) is 4.79 Å². The Kier molecular flexibility index (Phi) is 5.59. The second-order valence-electron chi connectivity index (χ2n) is 7.45. The number of carbonyl (C=O) groups is 2. The monoisotopic (exact) mass is 368 g/mol. The molecule has 0 aromatic heterocycles. The molecule has 0 aliphatic carbocycles. The van der Waals surface area contributed by atoms with Crippen molar-refractivity contribution in [2.24, 2.45) is 11.8 Å². The number of benzene rings is 2. The van der Waals surface area contributed by atoms with E-state index >= 15 is 0 Å². The van der Waals surface area contributed by atoms with Gasteiger partial charge in [0.05, 0.1) is 6.04 Å². The molecule has 0 spiro atoms. The summed E-state index contributed by atoms with van der Waals surface area (Å²) in [7, 11) is 0. The van der Waals surface area contributed by atoms with Gasteiger partial charge in [-0.2, -0.15) is 0 Å². The first-order valence-corrected chi connectivity index (χ1v) is 9.28. The molecule has 0 bridgehead atoms. The molecule has 2 aromatic rings. The minimum atomic E-state index is -0.352. The first kappa shape index (κ1) is 19.1. The molecule has 1 fully saturated rings. The van der Waals surface area contributed by atoms with Crippen LogP contribution < -0.4 is 5.32 Å². The fourth-order valence-electron chi connectivity index (χ4n) is 3.84. The highest BCUT2D eigenvalue weighted by Gasteiger charge is 2.38. The van der Waals surface area contributed by atoms with Crippen molar-refractivity contribution in [2.45, 2.75) is 26.8 Å². The summed E-state index contributed by atoms with van der Waals surface area (Å²) < 4.78 is 14.3. The van der Waals surface area contributed by atoms with Crippen LogP contribution in [0.25, 0.3) is 11.1 Å². The Labute approximate surface area is 159 Å². The molecule has 3 rings (SSSR count). The van der Waals surface area contributed by atoms with E-state index in [2.05, 4.69) is 19.2 Å². The highest BCUT2D eigenvalue weighted by molar-refractivity contribution is 6.01. The fraction of sp³-hybridized carbons (Fsp3) is 0.364. The van der Waals surface area contributed by atoms with Gasteiger partial charge in [-0.3, -0.25) is 9.59 Å². The molecule has 0 radical (unpaired) electrons. The number of carbonyl (C=O) groups excluding carboxylic acids is 2. The van der Waals surface area contributed by atoms with Crippen LogP contribution in [0.15, 0.2) is 48.5 Å². The van der Waals surface area contributed by atoms with Crippen molar-refractivity contribution in [3.05, 3.63) is 59.9 Å². The van der Waals surface area contributed by atoms with Crippen LogP contribution in [0, 0.1) is 17.7 Å². The summed E-state index contributed by atoms with van der Waals surface area (Å²) in [6, 6.07) is 13.5. The standard InChI is InChI=1S/C22H25FN2O2/c1-14(2)19-12-25(13-21(19)24-15(3)26)22(27)18-10-5-4-8-16(18)17-9-6-7-11-20(17)23/h4-11,14,19,21H,12-13H2,1-3H3,(H,24,26). The molecular weight excluding hydrogens is 343 g/mol. The summed E-state index contributed by atoms with van der Waals surface area (Å²) in [5.74, 6) is -0.0469. The molecule has 4 nitrogen and oxygen atoms in total. The van der Waals surface area contributed by atoms with E-state index in [4.69, 9.17) is 0 Å². The van der Waals surface area contributed by atoms with Gasteiger partial charge in [-0.05, 0) is 23.6 Å². The Hall–Kier alpha value is -2.69. The van der Waals surface area contributed by atoms with Gasteiger partial charge in [0, 0.05) is 37.1 Å². The van der Waals surface area contributed by atoms with Crippen molar-refractivity contribution in [3.8, 4) is 11.1 Å². The Morgan fingerprint density at radius 3 is 2.30 bits per heavy atom. The lowest BCUT2D eigenvalue weighted by molar-refractivity contribution is -0.119. The predicted molar refractivity (Wildman–Crippen MR) is 104 cm³/mol. The zero-order valence-electron chi connectivity index (χ0n) is 15.9. The maximum absolute atomic E-state index is 14.3. The predicted octanol–water partition coefficient (Wildman–Crippen LogP) is 3.73. The van der Waals surface area contributed by atoms with Crippen LogP contribution >= 0.6 is 0 Å². The van der Waals surface area contributed by atoms with E-state index in [0.29, 0.717) is 35.7 Å². The maximum Gasteiger partial charge on any atom is 0.254 e. The van der Waals surface area contributed by atoms with Crippen LogP contribution in [0.1, 0.15) is 31.1 Å². The van der Waals surface area contributed by atoms with Crippen molar-refractivity contribution in [2.75, 3.05) is 13.1 Å². The minimum absolute atomic E-state index is 0.0629. The number of rotatable bonds is 4. The van der Waals surface area contributed by atoms with Crippen molar-refractivity contribution < 1.29 is 14.0 Å². The van der Waals surface area contributed by atoms with Crippen molar-refractivity contribution in [1.29, 1.82) is 0 Å². The maximum atomic E-state index is 14.3. The molecule has 0 saturated carbocycles. The van der Waals surface area contributed by atoms with Crippen LogP contribution in [0.2, 0.25) is 0 Å². The van der Waals surface area contributed by atoms with E-state index in [1.807, 2.05) is 0 Å². The number of hydrogen-bond donors (Lipinski definition) is 1. The summed E-state index contributed by atoms with van der Waals surface area (Å²) >= 11 is 0. The summed E-state index contributed by atoms with van der Waals surface area (Å²) in [5, 5.41) is 2.97. The van der Waals surface area contributed by atoms with E-state index in [1.165, 1.54) is 13.0 Å². The van der Waals surface area contributed by atoms with Crippen LogP contribution in [0.3, 0.4) is 0 Å². The summed E-state index contributed by atoms with van der Waals surface area (Å²) in [5.41, 5.74) is 1.48. The van der Waals surface area contributed by atoms with Crippen LogP contribution in [0.5, 0.6) is 0 Å². The molecular formula is C22H25FN2O2. The Morgan fingerprint density at radius 1 is 1.04 bits per heavy atom. The lowest BCUT2D eigenvalue weighted by Crippen LogP contribution is -2.41. The third-order valence-corrected chi connectivity index (χ3v) is 5.22. The molecule has 1 N–H and O–H groups in total. The normalized spacial score (nSPS) is 19.4. The molecule has 2 unspecified atom stereocenters. The smallest absolute Gasteiger partial charge is 0.254 e. The highest BCUT2D eigenvalue weighted by Crippen LogP contribution is 2.30. The van der Waals surface area contributed by atoms with Crippen LogP contribution in [-0.4, -0.2) is 35.8 Å². The van der Waals surface area contributed by atoms with E-state index < -0.39 is 0 Å². The Bertz CT molecular complexity index is 850. The second-order valence-corrected chi connectivity index (χ2v) is 7.45. The average Bonchev–Trinajstić information content (AvgIpc) is 3.05. The number of amides is 2. The van der Waals surface area contributed by atoms with Gasteiger partial charge in [0.2, 0.25) is 5.91 Å².